The van der Waals surface area contributed by atoms with Gasteiger partial charge in [-0.1, -0.05) is 42.0 Å². The van der Waals surface area contributed by atoms with E-state index in [1.807, 2.05) is 41.8 Å². The molecule has 4 aromatic carbocycles. The van der Waals surface area contributed by atoms with Crippen LogP contribution < -0.4 is 10.6 Å². The molecule has 0 saturated heterocycles. The van der Waals surface area contributed by atoms with Crippen LogP contribution in [-0.4, -0.2) is 75.7 Å². The maximum Gasteiger partial charge on any atom is 0.410 e. The molecule has 0 unspecified atom stereocenters. The third-order valence-electron chi connectivity index (χ3n) is 8.42. The van der Waals surface area contributed by atoms with E-state index in [0.717, 1.165) is 38.8 Å². The molecule has 56 heavy (non-hydrogen) atoms. The molecule has 0 aliphatic carbocycles. The van der Waals surface area contributed by atoms with E-state index in [4.69, 9.17) is 0 Å². The number of carbonyl (C=O) groups excluding carboxylic acids is 2. The van der Waals surface area contributed by atoms with Crippen LogP contribution in [0.4, 0.5) is 30.7 Å². The van der Waals surface area contributed by atoms with Gasteiger partial charge in [-0.2, -0.15) is 26.3 Å². The molecule has 19 heteroatoms. The second kappa shape index (κ2) is 15.7. The number of carbonyl (C=O) groups is 2. The van der Waals surface area contributed by atoms with E-state index in [0.29, 0.717) is 28.1 Å². The van der Waals surface area contributed by atoms with Crippen LogP contribution in [0.25, 0.3) is 33.6 Å². The van der Waals surface area contributed by atoms with Gasteiger partial charge < -0.3 is 10.6 Å². The molecule has 6 rings (SSSR count). The molecule has 0 fully saturated rings. The van der Waals surface area contributed by atoms with Crippen molar-refractivity contribution in [3.63, 3.8) is 0 Å². The summed E-state index contributed by atoms with van der Waals surface area (Å²) >= 11 is 0. The Bertz CT molecular complexity index is 2130. The Balaban J connectivity index is 0.000000214. The van der Waals surface area contributed by atoms with Gasteiger partial charge in [0.05, 0.1) is 11.4 Å². The summed E-state index contributed by atoms with van der Waals surface area (Å²) in [5, 5.41) is 25.7. The molecular weight excluding hydrogens is 749 g/mol. The van der Waals surface area contributed by atoms with Crippen LogP contribution in [0.5, 0.6) is 0 Å². The number of halogens is 7. The Hall–Kier alpha value is -6.53. The van der Waals surface area contributed by atoms with Gasteiger partial charge in [-0.05, 0) is 126 Å². The second-order valence-corrected chi connectivity index (χ2v) is 13.6. The third kappa shape index (κ3) is 9.57. The minimum absolute atomic E-state index is 0.0235. The second-order valence-electron chi connectivity index (χ2n) is 13.6. The Labute approximate surface area is 314 Å². The van der Waals surface area contributed by atoms with Crippen molar-refractivity contribution in [3.05, 3.63) is 120 Å². The van der Waals surface area contributed by atoms with Gasteiger partial charge in [-0.15, -0.1) is 10.2 Å². The number of amides is 2. The smallest absolute Gasteiger partial charge is 0.338 e. The highest BCUT2D eigenvalue weighted by Crippen LogP contribution is 2.32. The zero-order valence-electron chi connectivity index (χ0n) is 30.3. The van der Waals surface area contributed by atoms with Gasteiger partial charge in [0.25, 0.3) is 11.8 Å². The standard InChI is InChI=1S/C19H18F3N5O.C18H15F4N5O/c1-12-4-6-13(7-5-12)14-8-15(10-16(9-14)27-11-23-25-26-27)17(28)24-18(2,3)19(20,21)22;1-17(2,18(20,21)22)24-16(28)13-7-12(11-3-5-14(19)6-4-11)8-15(9-13)27-10-23-25-26-27/h4-11H,1-3H3,(H,24,28);3-10H,1-2H3,(H,24,28). The largest absolute Gasteiger partial charge is 0.410 e. The molecule has 2 aromatic heterocycles. The Morgan fingerprint density at radius 2 is 0.929 bits per heavy atom. The molecule has 0 aliphatic rings. The average molecular weight is 783 g/mol. The van der Waals surface area contributed by atoms with E-state index in [-0.39, 0.29) is 11.1 Å². The van der Waals surface area contributed by atoms with Crippen LogP contribution in [-0.2, 0) is 0 Å². The van der Waals surface area contributed by atoms with E-state index in [1.54, 1.807) is 18.2 Å². The number of tetrazole rings is 2. The van der Waals surface area contributed by atoms with E-state index in [9.17, 15) is 40.3 Å². The zero-order chi connectivity index (χ0) is 41.1. The zero-order valence-corrected chi connectivity index (χ0v) is 30.3. The van der Waals surface area contributed by atoms with Crippen LogP contribution in [0, 0.1) is 12.7 Å². The topological polar surface area (TPSA) is 145 Å². The minimum Gasteiger partial charge on any atom is -0.338 e. The highest BCUT2D eigenvalue weighted by atomic mass is 19.4. The molecule has 6 aromatic rings. The van der Waals surface area contributed by atoms with Gasteiger partial charge in [0, 0.05) is 11.1 Å². The van der Waals surface area contributed by atoms with Crippen molar-refractivity contribution < 1.29 is 40.3 Å². The molecule has 12 nitrogen and oxygen atoms in total. The number of rotatable bonds is 8. The number of nitrogens with zero attached hydrogens (tertiary/aromatic N) is 8. The lowest BCUT2D eigenvalue weighted by Gasteiger charge is -2.29. The average Bonchev–Trinajstić information content (AvgIpc) is 3.87. The van der Waals surface area contributed by atoms with Gasteiger partial charge in [0.1, 0.15) is 29.5 Å². The van der Waals surface area contributed by atoms with E-state index >= 15 is 0 Å². The van der Waals surface area contributed by atoms with Crippen LogP contribution in [0.2, 0.25) is 0 Å². The molecule has 0 radical (unpaired) electrons. The molecule has 2 amide bonds. The summed E-state index contributed by atoms with van der Waals surface area (Å²) in [5.41, 5.74) is -0.351. The molecule has 0 bridgehead atoms. The van der Waals surface area contributed by atoms with Crippen molar-refractivity contribution in [3.8, 4) is 33.6 Å². The minimum atomic E-state index is -4.63. The van der Waals surface area contributed by atoms with Crippen LogP contribution in [0.1, 0.15) is 54.0 Å². The third-order valence-corrected chi connectivity index (χ3v) is 8.42. The van der Waals surface area contributed by atoms with Gasteiger partial charge >= 0.3 is 12.4 Å². The summed E-state index contributed by atoms with van der Waals surface area (Å²) in [5.74, 6) is -2.20. The molecular formula is C37H33F7N10O2. The van der Waals surface area contributed by atoms with E-state index < -0.39 is 41.1 Å². The summed E-state index contributed by atoms with van der Waals surface area (Å²) in [6.45, 7) is 5.52. The predicted molar refractivity (Wildman–Crippen MR) is 189 cm³/mol. The number of hydrogen-bond acceptors (Lipinski definition) is 8. The first-order chi connectivity index (χ1) is 26.1. The summed E-state index contributed by atoms with van der Waals surface area (Å²) in [4.78, 5) is 25.1. The number of benzene rings is 4. The van der Waals surface area contributed by atoms with Gasteiger partial charge in [-0.3, -0.25) is 9.59 Å². The van der Waals surface area contributed by atoms with Crippen molar-refractivity contribution >= 4 is 11.8 Å². The Kier molecular flexibility index (Phi) is 11.4. The molecule has 0 saturated carbocycles. The highest BCUT2D eigenvalue weighted by molar-refractivity contribution is 5.97. The molecule has 2 heterocycles. The van der Waals surface area contributed by atoms with Crippen molar-refractivity contribution in [2.45, 2.75) is 58.0 Å². The van der Waals surface area contributed by atoms with Crippen LogP contribution in [0.15, 0.2) is 97.6 Å². The summed E-state index contributed by atoms with van der Waals surface area (Å²) in [6, 6.07) is 22.2. The first-order valence-corrected chi connectivity index (χ1v) is 16.5. The quantitative estimate of drug-likeness (QED) is 0.154. The van der Waals surface area contributed by atoms with Gasteiger partial charge in [-0.25, -0.2) is 13.8 Å². The molecule has 0 spiro atoms. The summed E-state index contributed by atoms with van der Waals surface area (Å²) in [7, 11) is 0. The number of nitrogens with one attached hydrogen (secondary N) is 2. The number of alkyl halides is 6. The first-order valence-electron chi connectivity index (χ1n) is 16.5. The fraction of sp³-hybridized carbons (Fsp3) is 0.243. The lowest BCUT2D eigenvalue weighted by molar-refractivity contribution is -0.183. The SMILES string of the molecule is CC(C)(NC(=O)c1cc(-c2ccc(F)cc2)cc(-n2cnnn2)c1)C(F)(F)F.Cc1ccc(-c2cc(C(=O)NC(C)(C)C(F)(F)F)cc(-n3cnnn3)c2)cc1. The maximum absolute atomic E-state index is 13.2. The Morgan fingerprint density at radius 3 is 1.27 bits per heavy atom. The van der Waals surface area contributed by atoms with E-state index in [1.165, 1.54) is 64.5 Å². The summed E-state index contributed by atoms with van der Waals surface area (Å²) < 4.78 is 94.6. The molecule has 292 valence electrons. The maximum atomic E-state index is 13.2. The normalized spacial score (nSPS) is 12.1. The van der Waals surface area contributed by atoms with Crippen LogP contribution >= 0.6 is 0 Å². The van der Waals surface area contributed by atoms with Crippen molar-refractivity contribution in [1.29, 1.82) is 0 Å². The number of aryl methyl sites for hydroxylation is 1. The lowest BCUT2D eigenvalue weighted by atomic mass is 9.99. The fourth-order valence-corrected chi connectivity index (χ4v) is 4.88. The van der Waals surface area contributed by atoms with Crippen molar-refractivity contribution in [1.82, 2.24) is 51.0 Å². The van der Waals surface area contributed by atoms with Crippen molar-refractivity contribution in [2.75, 3.05) is 0 Å². The number of hydrogen-bond donors (Lipinski definition) is 2. The lowest BCUT2D eigenvalue weighted by Crippen LogP contribution is -2.54. The predicted octanol–water partition coefficient (Wildman–Crippen LogP) is 7.25. The molecule has 2 N–H and O–H groups in total. The van der Waals surface area contributed by atoms with Crippen LogP contribution in [0.3, 0.4) is 0 Å². The highest BCUT2D eigenvalue weighted by Gasteiger charge is 2.49. The number of aromatic nitrogens is 8. The van der Waals surface area contributed by atoms with E-state index in [2.05, 4.69) is 31.1 Å². The summed E-state index contributed by atoms with van der Waals surface area (Å²) in [6.07, 6.45) is -6.59. The van der Waals surface area contributed by atoms with Gasteiger partial charge in [0.2, 0.25) is 0 Å². The Morgan fingerprint density at radius 1 is 0.554 bits per heavy atom. The molecule has 0 atom stereocenters. The van der Waals surface area contributed by atoms with Crippen molar-refractivity contribution in [2.24, 2.45) is 0 Å². The monoisotopic (exact) mass is 782 g/mol. The molecule has 0 aliphatic heterocycles. The fourth-order valence-electron chi connectivity index (χ4n) is 4.88. The first kappa shape index (κ1) is 40.7. The van der Waals surface area contributed by atoms with Gasteiger partial charge in [0.15, 0.2) is 0 Å².